The number of nitrogens with one attached hydrogen (secondary N) is 2. The molecule has 1 aliphatic rings. The molecule has 0 saturated carbocycles. The van der Waals surface area contributed by atoms with Crippen molar-refractivity contribution in [2.75, 3.05) is 6.54 Å². The molecule has 0 radical (unpaired) electrons. The van der Waals surface area contributed by atoms with Crippen LogP contribution in [0.2, 0.25) is 0 Å². The van der Waals surface area contributed by atoms with E-state index in [2.05, 4.69) is 4.98 Å². The van der Waals surface area contributed by atoms with Gasteiger partial charge in [-0.25, -0.2) is 13.2 Å². The Bertz CT molecular complexity index is 780. The highest BCUT2D eigenvalue weighted by atomic mass is 32.2. The normalized spacial score (nSPS) is 23.9. The topological polar surface area (TPSA) is 140 Å². The van der Waals surface area contributed by atoms with E-state index in [-0.39, 0.29) is 13.0 Å². The van der Waals surface area contributed by atoms with Gasteiger partial charge in [0, 0.05) is 12.7 Å². The number of carbonyl (C=O) groups is 1. The van der Waals surface area contributed by atoms with Crippen molar-refractivity contribution < 1.29 is 18.3 Å². The second-order valence-electron chi connectivity index (χ2n) is 5.05. The van der Waals surface area contributed by atoms with Gasteiger partial charge in [0.15, 0.2) is 4.90 Å². The highest BCUT2D eigenvalue weighted by molar-refractivity contribution is 7.89. The molecule has 1 fully saturated rings. The van der Waals surface area contributed by atoms with Crippen LogP contribution in [0.15, 0.2) is 20.7 Å². The van der Waals surface area contributed by atoms with Crippen LogP contribution in [0, 0.1) is 0 Å². The van der Waals surface area contributed by atoms with E-state index in [9.17, 15) is 27.9 Å². The molecule has 9 nitrogen and oxygen atoms in total. The Hall–Kier alpha value is -1.94. The SMILES string of the molecule is CC1(C(=O)O)CCCCN1S(=O)(=O)c1c[nH]c(=O)[nH]c1=O. The number of aliphatic carboxylic acids is 1. The lowest BCUT2D eigenvalue weighted by Gasteiger charge is -2.40. The highest BCUT2D eigenvalue weighted by Gasteiger charge is 2.48. The average molecular weight is 317 g/mol. The van der Waals surface area contributed by atoms with Crippen molar-refractivity contribution in [3.8, 4) is 0 Å². The van der Waals surface area contributed by atoms with Gasteiger partial charge in [0.05, 0.1) is 0 Å². The van der Waals surface area contributed by atoms with E-state index in [4.69, 9.17) is 0 Å². The molecule has 0 aromatic carbocycles. The highest BCUT2D eigenvalue weighted by Crippen LogP contribution is 2.32. The maximum atomic E-state index is 12.6. The molecule has 1 aromatic rings. The van der Waals surface area contributed by atoms with Crippen LogP contribution in [0.1, 0.15) is 26.2 Å². The first-order valence-electron chi connectivity index (χ1n) is 6.28. The van der Waals surface area contributed by atoms with Gasteiger partial charge in [-0.05, 0) is 26.2 Å². The second-order valence-corrected chi connectivity index (χ2v) is 6.88. The number of aromatic nitrogens is 2. The molecule has 1 aliphatic heterocycles. The summed E-state index contributed by atoms with van der Waals surface area (Å²) >= 11 is 0. The van der Waals surface area contributed by atoms with E-state index in [0.29, 0.717) is 12.8 Å². The zero-order chi connectivity index (χ0) is 15.8. The largest absolute Gasteiger partial charge is 0.480 e. The first kappa shape index (κ1) is 15.4. The number of sulfonamides is 1. The quantitative estimate of drug-likeness (QED) is 0.658. The number of hydrogen-bond acceptors (Lipinski definition) is 5. The molecular formula is C11H15N3O6S. The minimum absolute atomic E-state index is 0.00367. The number of aromatic amines is 2. The van der Waals surface area contributed by atoms with Gasteiger partial charge in [-0.2, -0.15) is 4.31 Å². The third kappa shape index (κ3) is 2.51. The number of piperidine rings is 1. The van der Waals surface area contributed by atoms with Gasteiger partial charge in [0.1, 0.15) is 5.54 Å². The summed E-state index contributed by atoms with van der Waals surface area (Å²) in [5.41, 5.74) is -3.52. The zero-order valence-corrected chi connectivity index (χ0v) is 12.1. The van der Waals surface area contributed by atoms with Crippen molar-refractivity contribution in [2.45, 2.75) is 36.6 Å². The van der Waals surface area contributed by atoms with Crippen LogP contribution in [-0.2, 0) is 14.8 Å². The Morgan fingerprint density at radius 3 is 2.62 bits per heavy atom. The van der Waals surface area contributed by atoms with E-state index < -0.39 is 37.7 Å². The molecule has 2 heterocycles. The fraction of sp³-hybridized carbons (Fsp3) is 0.545. The Labute approximate surface area is 119 Å². The Morgan fingerprint density at radius 1 is 1.38 bits per heavy atom. The third-order valence-corrected chi connectivity index (χ3v) is 5.66. The monoisotopic (exact) mass is 317 g/mol. The summed E-state index contributed by atoms with van der Waals surface area (Å²) < 4.78 is 25.9. The predicted molar refractivity (Wildman–Crippen MR) is 71.5 cm³/mol. The average Bonchev–Trinajstić information content (AvgIpc) is 2.38. The van der Waals surface area contributed by atoms with Crippen molar-refractivity contribution >= 4 is 16.0 Å². The molecular weight excluding hydrogens is 302 g/mol. The summed E-state index contributed by atoms with van der Waals surface area (Å²) in [6.45, 7) is 1.32. The van der Waals surface area contributed by atoms with Crippen molar-refractivity contribution in [3.05, 3.63) is 27.0 Å². The van der Waals surface area contributed by atoms with E-state index >= 15 is 0 Å². The molecule has 0 amide bonds. The van der Waals surface area contributed by atoms with E-state index in [0.717, 1.165) is 10.5 Å². The molecule has 0 spiro atoms. The molecule has 3 N–H and O–H groups in total. The van der Waals surface area contributed by atoms with Gasteiger partial charge >= 0.3 is 11.7 Å². The number of nitrogens with zero attached hydrogens (tertiary/aromatic N) is 1. The van der Waals surface area contributed by atoms with Gasteiger partial charge in [-0.15, -0.1) is 0 Å². The fourth-order valence-electron chi connectivity index (χ4n) is 2.40. The predicted octanol–water partition coefficient (Wildman–Crippen LogP) is -0.919. The van der Waals surface area contributed by atoms with Crippen LogP contribution in [0.5, 0.6) is 0 Å². The van der Waals surface area contributed by atoms with Gasteiger partial charge in [-0.1, -0.05) is 0 Å². The lowest BCUT2D eigenvalue weighted by Crippen LogP contribution is -2.57. The van der Waals surface area contributed by atoms with E-state index in [1.807, 2.05) is 4.98 Å². The maximum Gasteiger partial charge on any atom is 0.325 e. The summed E-state index contributed by atoms with van der Waals surface area (Å²) in [6.07, 6.45) is 2.02. The molecule has 21 heavy (non-hydrogen) atoms. The zero-order valence-electron chi connectivity index (χ0n) is 11.2. The first-order chi connectivity index (χ1) is 9.69. The maximum absolute atomic E-state index is 12.6. The molecule has 1 unspecified atom stereocenters. The molecule has 1 atom stereocenters. The van der Waals surface area contributed by atoms with Crippen LogP contribution in [-0.4, -0.2) is 45.9 Å². The van der Waals surface area contributed by atoms with Gasteiger partial charge in [0.2, 0.25) is 0 Å². The Balaban J connectivity index is 2.59. The van der Waals surface area contributed by atoms with E-state index in [1.54, 1.807) is 0 Å². The minimum Gasteiger partial charge on any atom is -0.480 e. The molecule has 1 saturated heterocycles. The van der Waals surface area contributed by atoms with Crippen molar-refractivity contribution in [3.63, 3.8) is 0 Å². The number of carboxylic acid groups (broad SMARTS) is 1. The summed E-state index contributed by atoms with van der Waals surface area (Å²) in [4.78, 5) is 37.3. The summed E-state index contributed by atoms with van der Waals surface area (Å²) in [5, 5.41) is 9.34. The first-order valence-corrected chi connectivity index (χ1v) is 7.72. The molecule has 2 rings (SSSR count). The van der Waals surface area contributed by atoms with Crippen molar-refractivity contribution in [2.24, 2.45) is 0 Å². The number of H-pyrrole nitrogens is 2. The molecule has 0 bridgehead atoms. The van der Waals surface area contributed by atoms with Crippen LogP contribution in [0.4, 0.5) is 0 Å². The smallest absolute Gasteiger partial charge is 0.325 e. The fourth-order valence-corrected chi connectivity index (χ4v) is 4.20. The molecule has 116 valence electrons. The number of hydrogen-bond donors (Lipinski definition) is 3. The van der Waals surface area contributed by atoms with Crippen LogP contribution in [0.3, 0.4) is 0 Å². The molecule has 1 aromatic heterocycles. The molecule has 10 heteroatoms. The van der Waals surface area contributed by atoms with Gasteiger partial charge < -0.3 is 10.1 Å². The summed E-state index contributed by atoms with van der Waals surface area (Å²) in [6, 6.07) is 0. The van der Waals surface area contributed by atoms with Crippen LogP contribution in [0.25, 0.3) is 0 Å². The van der Waals surface area contributed by atoms with Crippen molar-refractivity contribution in [1.82, 2.24) is 14.3 Å². The number of rotatable bonds is 3. The lowest BCUT2D eigenvalue weighted by molar-refractivity contribution is -0.149. The molecule has 0 aliphatic carbocycles. The second kappa shape index (κ2) is 5.11. The van der Waals surface area contributed by atoms with Gasteiger partial charge in [-0.3, -0.25) is 14.6 Å². The third-order valence-electron chi connectivity index (χ3n) is 3.64. The van der Waals surface area contributed by atoms with Crippen molar-refractivity contribution in [1.29, 1.82) is 0 Å². The minimum atomic E-state index is -4.32. The Morgan fingerprint density at radius 2 is 2.05 bits per heavy atom. The standard InChI is InChI=1S/C11H15N3O6S/c1-11(9(16)17)4-2-3-5-14(11)21(19,20)7-6-12-10(18)13-8(7)15/h6H,2-5H2,1H3,(H,16,17)(H2,12,13,15,18). The van der Waals surface area contributed by atoms with Crippen LogP contribution < -0.4 is 11.2 Å². The van der Waals surface area contributed by atoms with Gasteiger partial charge in [0.25, 0.3) is 15.6 Å². The Kier molecular flexibility index (Phi) is 3.76. The van der Waals surface area contributed by atoms with Crippen LogP contribution >= 0.6 is 0 Å². The lowest BCUT2D eigenvalue weighted by atomic mass is 9.91. The summed E-state index contributed by atoms with van der Waals surface area (Å²) in [7, 11) is -4.32. The number of carboxylic acids is 1. The summed E-state index contributed by atoms with van der Waals surface area (Å²) in [5.74, 6) is -1.27. The van der Waals surface area contributed by atoms with E-state index in [1.165, 1.54) is 6.92 Å².